The molecule has 1 heterocycles. The molecule has 0 radical (unpaired) electrons. The van der Waals surface area contributed by atoms with Gasteiger partial charge in [0.1, 0.15) is 12.4 Å². The lowest BCUT2D eigenvalue weighted by molar-refractivity contribution is 0.262. The average molecular weight is 314 g/mol. The third kappa shape index (κ3) is 3.66. The second kappa shape index (κ2) is 6.97. The minimum Gasteiger partial charge on any atom is -0.491 e. The van der Waals surface area contributed by atoms with Crippen LogP contribution in [-0.2, 0) is 7.05 Å². The van der Waals surface area contributed by atoms with Crippen molar-refractivity contribution in [1.29, 1.82) is 0 Å². The number of rotatable bonds is 6. The number of hydrogen-bond donors (Lipinski definition) is 1. The summed E-state index contributed by atoms with van der Waals surface area (Å²) in [6.45, 7) is 3.30. The van der Waals surface area contributed by atoms with Crippen molar-refractivity contribution in [2.45, 2.75) is 13.0 Å². The van der Waals surface area contributed by atoms with E-state index in [1.807, 2.05) is 32.2 Å². The summed E-state index contributed by atoms with van der Waals surface area (Å²) in [5, 5.41) is 8.79. The predicted octanol–water partition coefficient (Wildman–Crippen LogP) is 3.46. The molecule has 0 amide bonds. The molecule has 108 valence electrons. The molecule has 1 aromatic carbocycles. The van der Waals surface area contributed by atoms with Crippen molar-refractivity contribution < 1.29 is 4.74 Å². The van der Waals surface area contributed by atoms with Gasteiger partial charge in [-0.15, -0.1) is 0 Å². The third-order valence-electron chi connectivity index (χ3n) is 2.93. The zero-order valence-electron chi connectivity index (χ0n) is 11.4. The van der Waals surface area contributed by atoms with Crippen LogP contribution in [0.2, 0.25) is 10.0 Å². The largest absolute Gasteiger partial charge is 0.491 e. The molecule has 1 N–H and O–H groups in total. The van der Waals surface area contributed by atoms with Gasteiger partial charge in [0.15, 0.2) is 0 Å². The first kappa shape index (κ1) is 15.2. The van der Waals surface area contributed by atoms with Crippen molar-refractivity contribution in [1.82, 2.24) is 15.1 Å². The number of benzene rings is 1. The highest BCUT2D eigenvalue weighted by Crippen LogP contribution is 2.24. The van der Waals surface area contributed by atoms with Crippen LogP contribution in [0.5, 0.6) is 5.75 Å². The zero-order chi connectivity index (χ0) is 14.5. The lowest BCUT2D eigenvalue weighted by Crippen LogP contribution is -2.28. The van der Waals surface area contributed by atoms with Crippen molar-refractivity contribution in [3.05, 3.63) is 46.2 Å². The van der Waals surface area contributed by atoms with E-state index in [4.69, 9.17) is 27.9 Å². The van der Waals surface area contributed by atoms with E-state index >= 15 is 0 Å². The average Bonchev–Trinajstić information content (AvgIpc) is 2.75. The number of nitrogens with zero attached hydrogens (tertiary/aromatic N) is 2. The van der Waals surface area contributed by atoms with Crippen LogP contribution in [0.1, 0.15) is 18.7 Å². The predicted molar refractivity (Wildman–Crippen MR) is 81.6 cm³/mol. The number of halogens is 2. The van der Waals surface area contributed by atoms with Crippen LogP contribution in [0, 0.1) is 0 Å². The molecule has 6 heteroatoms. The van der Waals surface area contributed by atoms with Crippen molar-refractivity contribution in [2.75, 3.05) is 13.2 Å². The molecule has 4 nitrogen and oxygen atoms in total. The Hall–Kier alpha value is -1.23. The van der Waals surface area contributed by atoms with Crippen LogP contribution < -0.4 is 10.1 Å². The van der Waals surface area contributed by atoms with Gasteiger partial charge in [-0.1, -0.05) is 36.2 Å². The maximum Gasteiger partial charge on any atom is 0.120 e. The lowest BCUT2D eigenvalue weighted by Gasteiger charge is -2.19. The van der Waals surface area contributed by atoms with Crippen LogP contribution in [0.25, 0.3) is 0 Å². The molecule has 2 rings (SSSR count). The molecule has 1 aromatic heterocycles. The monoisotopic (exact) mass is 313 g/mol. The van der Waals surface area contributed by atoms with E-state index < -0.39 is 0 Å². The SMILES string of the molecule is CCNC(COc1cccc(Cl)c1)c1c(Cl)cnn1C. The van der Waals surface area contributed by atoms with E-state index in [2.05, 4.69) is 10.4 Å². The van der Waals surface area contributed by atoms with Crippen LogP contribution in [-0.4, -0.2) is 22.9 Å². The molecule has 0 saturated heterocycles. The Labute approximate surface area is 128 Å². The standard InChI is InChI=1S/C14H17Cl2N3O/c1-3-17-13(14-12(16)8-18-19(14)2)9-20-11-6-4-5-10(15)7-11/h4-8,13,17H,3,9H2,1-2H3. The number of ether oxygens (including phenoxy) is 1. The minimum absolute atomic E-state index is 0.0287. The maximum absolute atomic E-state index is 6.18. The van der Waals surface area contributed by atoms with E-state index in [9.17, 15) is 0 Å². The van der Waals surface area contributed by atoms with Crippen LogP contribution >= 0.6 is 23.2 Å². The van der Waals surface area contributed by atoms with Gasteiger partial charge in [-0.3, -0.25) is 4.68 Å². The summed E-state index contributed by atoms with van der Waals surface area (Å²) >= 11 is 12.1. The first-order valence-corrected chi connectivity index (χ1v) is 7.16. The second-order valence-electron chi connectivity index (χ2n) is 4.38. The molecule has 0 aliphatic rings. The summed E-state index contributed by atoms with van der Waals surface area (Å²) in [5.41, 5.74) is 0.913. The van der Waals surface area contributed by atoms with Crippen LogP contribution in [0.4, 0.5) is 0 Å². The van der Waals surface area contributed by atoms with Gasteiger partial charge in [0, 0.05) is 12.1 Å². The molecule has 1 unspecified atom stereocenters. The summed E-state index contributed by atoms with van der Waals surface area (Å²) in [4.78, 5) is 0. The fourth-order valence-corrected chi connectivity index (χ4v) is 2.51. The smallest absolute Gasteiger partial charge is 0.120 e. The Balaban J connectivity index is 2.10. The van der Waals surface area contributed by atoms with Crippen molar-refractivity contribution in [3.8, 4) is 5.75 Å². The Morgan fingerprint density at radius 1 is 1.40 bits per heavy atom. The molecule has 20 heavy (non-hydrogen) atoms. The van der Waals surface area contributed by atoms with Gasteiger partial charge >= 0.3 is 0 Å². The van der Waals surface area contributed by atoms with Gasteiger partial charge < -0.3 is 10.1 Å². The number of likely N-dealkylation sites (N-methyl/N-ethyl adjacent to an activating group) is 1. The summed E-state index contributed by atoms with van der Waals surface area (Å²) in [6, 6.07) is 7.30. The molecule has 1 atom stereocenters. The van der Waals surface area contributed by atoms with E-state index in [0.717, 1.165) is 18.0 Å². The van der Waals surface area contributed by atoms with Gasteiger partial charge in [0.2, 0.25) is 0 Å². The summed E-state index contributed by atoms with van der Waals surface area (Å²) in [6.07, 6.45) is 1.64. The van der Waals surface area contributed by atoms with Crippen molar-refractivity contribution in [2.24, 2.45) is 7.05 Å². The second-order valence-corrected chi connectivity index (χ2v) is 5.22. The van der Waals surface area contributed by atoms with E-state index in [1.54, 1.807) is 16.9 Å². The topological polar surface area (TPSA) is 39.1 Å². The van der Waals surface area contributed by atoms with E-state index in [-0.39, 0.29) is 6.04 Å². The first-order valence-electron chi connectivity index (χ1n) is 6.41. The van der Waals surface area contributed by atoms with Crippen molar-refractivity contribution in [3.63, 3.8) is 0 Å². The highest BCUT2D eigenvalue weighted by molar-refractivity contribution is 6.31. The third-order valence-corrected chi connectivity index (χ3v) is 3.46. The van der Waals surface area contributed by atoms with Crippen LogP contribution in [0.15, 0.2) is 30.5 Å². The molecule has 2 aromatic rings. The highest BCUT2D eigenvalue weighted by atomic mass is 35.5. The van der Waals surface area contributed by atoms with E-state index in [1.165, 1.54) is 0 Å². The quantitative estimate of drug-likeness (QED) is 0.887. The molecule has 0 spiro atoms. The fourth-order valence-electron chi connectivity index (χ4n) is 2.03. The fraction of sp³-hybridized carbons (Fsp3) is 0.357. The van der Waals surface area contributed by atoms with Gasteiger partial charge in [0.25, 0.3) is 0 Å². The molecule has 0 saturated carbocycles. The normalized spacial score (nSPS) is 12.4. The first-order chi connectivity index (χ1) is 9.61. The molecule has 0 aliphatic heterocycles. The van der Waals surface area contributed by atoms with Crippen molar-refractivity contribution >= 4 is 23.2 Å². The maximum atomic E-state index is 6.18. The van der Waals surface area contributed by atoms with Gasteiger partial charge in [0.05, 0.1) is 23.0 Å². The number of hydrogen-bond acceptors (Lipinski definition) is 3. The number of nitrogens with one attached hydrogen (secondary N) is 1. The summed E-state index contributed by atoms with van der Waals surface area (Å²) in [7, 11) is 1.87. The Morgan fingerprint density at radius 3 is 2.80 bits per heavy atom. The molecular formula is C14H17Cl2N3O. The molecule has 0 fully saturated rings. The number of aromatic nitrogens is 2. The highest BCUT2D eigenvalue weighted by Gasteiger charge is 2.19. The summed E-state index contributed by atoms with van der Waals surface area (Å²) in [5.74, 6) is 0.735. The molecular weight excluding hydrogens is 297 g/mol. The molecule has 0 aliphatic carbocycles. The van der Waals surface area contributed by atoms with Gasteiger partial charge in [-0.2, -0.15) is 5.10 Å². The Kier molecular flexibility index (Phi) is 5.29. The lowest BCUT2D eigenvalue weighted by atomic mass is 10.2. The summed E-state index contributed by atoms with van der Waals surface area (Å²) < 4.78 is 7.55. The number of aryl methyl sites for hydroxylation is 1. The zero-order valence-corrected chi connectivity index (χ0v) is 12.9. The van der Waals surface area contributed by atoms with Gasteiger partial charge in [-0.05, 0) is 24.7 Å². The molecule has 0 bridgehead atoms. The van der Waals surface area contributed by atoms with Gasteiger partial charge in [-0.25, -0.2) is 0 Å². The van der Waals surface area contributed by atoms with Crippen LogP contribution in [0.3, 0.4) is 0 Å². The Morgan fingerprint density at radius 2 is 2.20 bits per heavy atom. The Bertz CT molecular complexity index is 552. The van der Waals surface area contributed by atoms with E-state index in [0.29, 0.717) is 16.7 Å². The minimum atomic E-state index is -0.0287.